The van der Waals surface area contributed by atoms with Gasteiger partial charge in [-0.2, -0.15) is 0 Å². The highest BCUT2D eigenvalue weighted by Gasteiger charge is 2.15. The highest BCUT2D eigenvalue weighted by atomic mass is 19.2. The zero-order valence-corrected chi connectivity index (χ0v) is 8.06. The zero-order valence-electron chi connectivity index (χ0n) is 8.06. The summed E-state index contributed by atoms with van der Waals surface area (Å²) in [5.41, 5.74) is 6.14. The Hall–Kier alpha value is -1.22. The first-order valence-corrected chi connectivity index (χ1v) is 4.39. The molecule has 76 valence electrons. The van der Waals surface area contributed by atoms with Crippen molar-refractivity contribution in [1.82, 2.24) is 0 Å². The molecule has 0 radical (unpaired) electrons. The van der Waals surface area contributed by atoms with Crippen LogP contribution in [0, 0.1) is 18.6 Å². The first-order chi connectivity index (χ1) is 6.57. The van der Waals surface area contributed by atoms with E-state index in [0.717, 1.165) is 0 Å². The normalized spacial score (nSPS) is 12.6. The van der Waals surface area contributed by atoms with E-state index >= 15 is 0 Å². The van der Waals surface area contributed by atoms with Crippen molar-refractivity contribution < 1.29 is 8.78 Å². The van der Waals surface area contributed by atoms with Crippen LogP contribution >= 0.6 is 0 Å². The van der Waals surface area contributed by atoms with Gasteiger partial charge in [-0.05, 0) is 18.9 Å². The minimum absolute atomic E-state index is 0.202. The number of aryl methyl sites for hydroxylation is 1. The second-order valence-electron chi connectivity index (χ2n) is 3.23. The van der Waals surface area contributed by atoms with Crippen molar-refractivity contribution in [2.75, 3.05) is 0 Å². The van der Waals surface area contributed by atoms with Crippen LogP contribution < -0.4 is 5.73 Å². The molecule has 3 heteroatoms. The van der Waals surface area contributed by atoms with Crippen molar-refractivity contribution in [1.29, 1.82) is 0 Å². The largest absolute Gasteiger partial charge is 0.324 e. The van der Waals surface area contributed by atoms with Gasteiger partial charge in [0.05, 0.1) is 0 Å². The maximum absolute atomic E-state index is 13.3. The van der Waals surface area contributed by atoms with Crippen molar-refractivity contribution in [2.45, 2.75) is 19.4 Å². The smallest absolute Gasteiger partial charge is 0.163 e. The summed E-state index contributed by atoms with van der Waals surface area (Å²) in [6.45, 7) is 5.01. The lowest BCUT2D eigenvalue weighted by atomic mass is 10.0. The molecule has 0 heterocycles. The summed E-state index contributed by atoms with van der Waals surface area (Å²) in [7, 11) is 0. The van der Waals surface area contributed by atoms with Crippen LogP contribution in [0.25, 0.3) is 0 Å². The SMILES string of the molecule is C=CC[C@@H](N)c1ccc(C)c(F)c1F. The summed E-state index contributed by atoms with van der Waals surface area (Å²) in [6.07, 6.45) is 2.02. The van der Waals surface area contributed by atoms with Gasteiger partial charge in [-0.1, -0.05) is 18.2 Å². The molecule has 2 N–H and O–H groups in total. The van der Waals surface area contributed by atoms with Crippen LogP contribution in [0.1, 0.15) is 23.6 Å². The van der Waals surface area contributed by atoms with Crippen molar-refractivity contribution in [3.8, 4) is 0 Å². The minimum Gasteiger partial charge on any atom is -0.324 e. The van der Waals surface area contributed by atoms with Gasteiger partial charge in [0.25, 0.3) is 0 Å². The molecule has 0 aliphatic heterocycles. The average molecular weight is 197 g/mol. The Morgan fingerprint density at radius 2 is 2.07 bits per heavy atom. The van der Waals surface area contributed by atoms with Gasteiger partial charge in [-0.3, -0.25) is 0 Å². The van der Waals surface area contributed by atoms with E-state index in [-0.39, 0.29) is 11.1 Å². The second kappa shape index (κ2) is 4.33. The minimum atomic E-state index is -0.848. The fourth-order valence-corrected chi connectivity index (χ4v) is 1.25. The number of hydrogen-bond acceptors (Lipinski definition) is 1. The van der Waals surface area contributed by atoms with E-state index < -0.39 is 17.7 Å². The van der Waals surface area contributed by atoms with E-state index in [4.69, 9.17) is 5.73 Å². The summed E-state index contributed by atoms with van der Waals surface area (Å²) in [5, 5.41) is 0. The van der Waals surface area contributed by atoms with E-state index in [2.05, 4.69) is 6.58 Å². The van der Waals surface area contributed by atoms with Crippen LogP contribution in [0.2, 0.25) is 0 Å². The topological polar surface area (TPSA) is 26.0 Å². The maximum atomic E-state index is 13.3. The first kappa shape index (κ1) is 10.9. The van der Waals surface area contributed by atoms with E-state index in [9.17, 15) is 8.78 Å². The highest BCUT2D eigenvalue weighted by molar-refractivity contribution is 5.27. The molecule has 1 aromatic carbocycles. The fraction of sp³-hybridized carbons (Fsp3) is 0.273. The number of nitrogens with two attached hydrogens (primary N) is 1. The zero-order chi connectivity index (χ0) is 10.7. The molecular formula is C11H13F2N. The lowest BCUT2D eigenvalue weighted by Crippen LogP contribution is -2.12. The fourth-order valence-electron chi connectivity index (χ4n) is 1.25. The molecule has 0 bridgehead atoms. The van der Waals surface area contributed by atoms with Gasteiger partial charge in [0.15, 0.2) is 11.6 Å². The molecule has 0 spiro atoms. The van der Waals surface area contributed by atoms with Crippen molar-refractivity contribution >= 4 is 0 Å². The predicted octanol–water partition coefficient (Wildman–Crippen LogP) is 2.85. The summed E-state index contributed by atoms with van der Waals surface area (Å²) < 4.78 is 26.5. The number of halogens is 2. The standard InChI is InChI=1S/C11H13F2N/c1-3-4-9(14)8-6-5-7(2)10(12)11(8)13/h3,5-6,9H,1,4,14H2,2H3/t9-/m1/s1. The van der Waals surface area contributed by atoms with Crippen molar-refractivity contribution in [3.63, 3.8) is 0 Å². The van der Waals surface area contributed by atoms with Gasteiger partial charge in [-0.15, -0.1) is 6.58 Å². The molecular weight excluding hydrogens is 184 g/mol. The quantitative estimate of drug-likeness (QED) is 0.741. The van der Waals surface area contributed by atoms with Crippen LogP contribution in [-0.4, -0.2) is 0 Å². The molecule has 0 fully saturated rings. The maximum Gasteiger partial charge on any atom is 0.163 e. The van der Waals surface area contributed by atoms with Gasteiger partial charge >= 0.3 is 0 Å². The summed E-state index contributed by atoms with van der Waals surface area (Å²) in [4.78, 5) is 0. The monoisotopic (exact) mass is 197 g/mol. The van der Waals surface area contributed by atoms with Crippen LogP contribution in [-0.2, 0) is 0 Å². The Bertz CT molecular complexity index is 347. The molecule has 0 saturated carbocycles. The molecule has 1 nitrogen and oxygen atoms in total. The molecule has 0 aromatic heterocycles. The van der Waals surface area contributed by atoms with Crippen molar-refractivity contribution in [3.05, 3.63) is 47.5 Å². The molecule has 0 amide bonds. The van der Waals surface area contributed by atoms with Crippen LogP contribution in [0.4, 0.5) is 8.78 Å². The lowest BCUT2D eigenvalue weighted by Gasteiger charge is -2.11. The third-order valence-electron chi connectivity index (χ3n) is 2.13. The molecule has 0 unspecified atom stereocenters. The highest BCUT2D eigenvalue weighted by Crippen LogP contribution is 2.22. The Balaban J connectivity index is 3.10. The Labute approximate surface area is 82.2 Å². The Kier molecular flexibility index (Phi) is 3.36. The van der Waals surface area contributed by atoms with Gasteiger partial charge in [0.2, 0.25) is 0 Å². The molecule has 1 rings (SSSR count). The molecule has 0 aliphatic carbocycles. The molecule has 1 aromatic rings. The van der Waals surface area contributed by atoms with Gasteiger partial charge in [0.1, 0.15) is 0 Å². The van der Waals surface area contributed by atoms with Crippen molar-refractivity contribution in [2.24, 2.45) is 5.73 Å². The first-order valence-electron chi connectivity index (χ1n) is 4.39. The Morgan fingerprint density at radius 1 is 1.43 bits per heavy atom. The predicted molar refractivity (Wildman–Crippen MR) is 52.8 cm³/mol. The summed E-state index contributed by atoms with van der Waals surface area (Å²) in [5.74, 6) is -1.67. The number of benzene rings is 1. The molecule has 0 saturated heterocycles. The summed E-state index contributed by atoms with van der Waals surface area (Å²) in [6, 6.07) is 2.51. The van der Waals surface area contributed by atoms with E-state index in [1.807, 2.05) is 0 Å². The summed E-state index contributed by atoms with van der Waals surface area (Å²) >= 11 is 0. The van der Waals surface area contributed by atoms with Gasteiger partial charge < -0.3 is 5.73 Å². The molecule has 0 aliphatic rings. The van der Waals surface area contributed by atoms with E-state index in [1.54, 1.807) is 6.08 Å². The van der Waals surface area contributed by atoms with Crippen LogP contribution in [0.15, 0.2) is 24.8 Å². The number of hydrogen-bond donors (Lipinski definition) is 1. The average Bonchev–Trinajstić information content (AvgIpc) is 2.15. The van der Waals surface area contributed by atoms with Gasteiger partial charge in [0, 0.05) is 11.6 Å². The van der Waals surface area contributed by atoms with Crippen LogP contribution in [0.3, 0.4) is 0 Å². The molecule has 1 atom stereocenters. The van der Waals surface area contributed by atoms with Crippen LogP contribution in [0.5, 0.6) is 0 Å². The molecule has 14 heavy (non-hydrogen) atoms. The third-order valence-corrected chi connectivity index (χ3v) is 2.13. The Morgan fingerprint density at radius 3 is 2.64 bits per heavy atom. The number of rotatable bonds is 3. The second-order valence-corrected chi connectivity index (χ2v) is 3.23. The van der Waals surface area contributed by atoms with Gasteiger partial charge in [-0.25, -0.2) is 8.78 Å². The van der Waals surface area contributed by atoms with E-state index in [0.29, 0.717) is 6.42 Å². The third kappa shape index (κ3) is 1.99. The van der Waals surface area contributed by atoms with E-state index in [1.165, 1.54) is 19.1 Å². The lowest BCUT2D eigenvalue weighted by molar-refractivity contribution is 0.484.